The standard InChI is InChI=1S/C41H41BFN7O5Si/c1-10-27-20-34(53-7)30(22-45-27)38-37(36-25(2)47-24-48-39(36)50(38)6)26-11-12-33(32(43)19-26)55-40-44-16-13-28(49-40)14-17-54-35-21-29(46-23-31(35)42(51)52)15-18-56(8,9)41(3,4)5/h1,11-13,16,19-24,51-52H,14,17H2,2-9H3. The van der Waals surface area contributed by atoms with Gasteiger partial charge < -0.3 is 28.8 Å². The van der Waals surface area contributed by atoms with Gasteiger partial charge in [-0.1, -0.05) is 51.8 Å². The summed E-state index contributed by atoms with van der Waals surface area (Å²) >= 11 is 0. The third-order valence-corrected chi connectivity index (χ3v) is 14.4. The fourth-order valence-corrected chi connectivity index (χ4v) is 6.58. The molecule has 0 unspecified atom stereocenters. The van der Waals surface area contributed by atoms with Gasteiger partial charge in [-0.25, -0.2) is 29.3 Å². The first-order chi connectivity index (χ1) is 26.6. The Balaban J connectivity index is 1.23. The van der Waals surface area contributed by atoms with Gasteiger partial charge in [-0.15, -0.1) is 12.0 Å². The summed E-state index contributed by atoms with van der Waals surface area (Å²) in [6, 6.07) is 9.53. The normalized spacial score (nSPS) is 11.5. The lowest BCUT2D eigenvalue weighted by molar-refractivity contribution is 0.319. The molecule has 15 heteroatoms. The van der Waals surface area contributed by atoms with Crippen LogP contribution in [-0.4, -0.2) is 73.4 Å². The molecule has 0 saturated heterocycles. The van der Waals surface area contributed by atoms with Crippen LogP contribution in [0.15, 0.2) is 61.3 Å². The predicted molar refractivity (Wildman–Crippen MR) is 216 cm³/mol. The molecule has 0 aliphatic heterocycles. The number of terminal acetylenes is 1. The minimum atomic E-state index is -1.91. The summed E-state index contributed by atoms with van der Waals surface area (Å²) in [4.78, 5) is 26.3. The number of aryl methyl sites for hydroxylation is 2. The van der Waals surface area contributed by atoms with Gasteiger partial charge in [0.2, 0.25) is 0 Å². The first-order valence-corrected chi connectivity index (χ1v) is 20.7. The van der Waals surface area contributed by atoms with E-state index in [9.17, 15) is 10.0 Å². The van der Waals surface area contributed by atoms with E-state index in [-0.39, 0.29) is 34.6 Å². The number of nitrogens with zero attached hydrogens (tertiary/aromatic N) is 7. The average molecular weight is 770 g/mol. The van der Waals surface area contributed by atoms with Crippen LogP contribution in [-0.2, 0) is 13.5 Å². The molecule has 6 rings (SSSR count). The molecular weight excluding hydrogens is 728 g/mol. The molecule has 5 aromatic heterocycles. The van der Waals surface area contributed by atoms with Gasteiger partial charge in [-0.3, -0.25) is 0 Å². The Bertz CT molecular complexity index is 2560. The molecule has 0 bridgehead atoms. The number of methoxy groups -OCH3 is 1. The maximum Gasteiger partial charge on any atom is 0.493 e. The zero-order valence-corrected chi connectivity index (χ0v) is 33.5. The first-order valence-electron chi connectivity index (χ1n) is 17.7. The van der Waals surface area contributed by atoms with E-state index in [1.165, 1.54) is 30.9 Å². The van der Waals surface area contributed by atoms with Crippen LogP contribution in [0.2, 0.25) is 18.1 Å². The third kappa shape index (κ3) is 8.11. The maximum absolute atomic E-state index is 16.0. The molecule has 0 amide bonds. The van der Waals surface area contributed by atoms with Gasteiger partial charge in [-0.05, 0) is 35.7 Å². The summed E-state index contributed by atoms with van der Waals surface area (Å²) in [5.74, 6) is 5.69. The Hall–Kier alpha value is -6.13. The van der Waals surface area contributed by atoms with E-state index < -0.39 is 21.0 Å². The van der Waals surface area contributed by atoms with Crippen molar-refractivity contribution < 1.29 is 28.6 Å². The number of halogens is 1. The van der Waals surface area contributed by atoms with Gasteiger partial charge in [0.1, 0.15) is 42.9 Å². The van der Waals surface area contributed by atoms with Crippen LogP contribution in [0, 0.1) is 36.5 Å². The van der Waals surface area contributed by atoms with Crippen LogP contribution in [0.4, 0.5) is 4.39 Å². The second-order valence-corrected chi connectivity index (χ2v) is 19.6. The number of ether oxygens (including phenoxy) is 3. The molecule has 5 heterocycles. The van der Waals surface area contributed by atoms with Crippen molar-refractivity contribution in [3.05, 3.63) is 89.9 Å². The Morgan fingerprint density at radius 2 is 1.71 bits per heavy atom. The predicted octanol–water partition coefficient (Wildman–Crippen LogP) is 5.81. The van der Waals surface area contributed by atoms with Crippen molar-refractivity contribution in [1.82, 2.24) is 34.5 Å². The topological polar surface area (TPSA) is 150 Å². The van der Waals surface area contributed by atoms with Gasteiger partial charge in [-0.2, -0.15) is 4.98 Å². The monoisotopic (exact) mass is 769 g/mol. The first kappa shape index (κ1) is 39.6. The number of hydrogen-bond acceptors (Lipinski definition) is 11. The van der Waals surface area contributed by atoms with Crippen molar-refractivity contribution >= 4 is 31.7 Å². The van der Waals surface area contributed by atoms with Crippen molar-refractivity contribution in [2.75, 3.05) is 13.7 Å². The highest BCUT2D eigenvalue weighted by Gasteiger charge is 2.34. The van der Waals surface area contributed by atoms with Crippen molar-refractivity contribution in [1.29, 1.82) is 0 Å². The quantitative estimate of drug-likeness (QED) is 0.128. The van der Waals surface area contributed by atoms with E-state index in [0.717, 1.165) is 5.39 Å². The van der Waals surface area contributed by atoms with Gasteiger partial charge in [0.05, 0.1) is 36.4 Å². The lowest BCUT2D eigenvalue weighted by Crippen LogP contribution is -2.35. The molecule has 0 atom stereocenters. The molecule has 56 heavy (non-hydrogen) atoms. The van der Waals surface area contributed by atoms with Gasteiger partial charge in [0, 0.05) is 60.6 Å². The van der Waals surface area contributed by atoms with Crippen LogP contribution in [0.1, 0.15) is 43.5 Å². The largest absolute Gasteiger partial charge is 0.496 e. The Labute approximate surface area is 326 Å². The number of pyridine rings is 2. The summed E-state index contributed by atoms with van der Waals surface area (Å²) in [5, 5.41) is 20.7. The zero-order chi connectivity index (χ0) is 40.4. The van der Waals surface area contributed by atoms with E-state index >= 15 is 4.39 Å². The molecule has 0 aliphatic carbocycles. The van der Waals surface area contributed by atoms with E-state index in [0.29, 0.717) is 63.0 Å². The number of aromatic nitrogens is 7. The zero-order valence-electron chi connectivity index (χ0n) is 32.5. The molecule has 12 nitrogen and oxygen atoms in total. The molecule has 1 aromatic carbocycles. The van der Waals surface area contributed by atoms with Crippen LogP contribution < -0.4 is 19.7 Å². The second kappa shape index (κ2) is 15.9. The van der Waals surface area contributed by atoms with Crippen LogP contribution in [0.3, 0.4) is 0 Å². The third-order valence-electron chi connectivity index (χ3n) is 9.93. The minimum Gasteiger partial charge on any atom is -0.496 e. The lowest BCUT2D eigenvalue weighted by atomic mass is 9.80. The van der Waals surface area contributed by atoms with Gasteiger partial charge in [0.25, 0.3) is 0 Å². The van der Waals surface area contributed by atoms with E-state index in [4.69, 9.17) is 20.6 Å². The SMILES string of the molecule is C#Cc1cc(OC)c(-c2c(-c3ccc(Oc4nccc(CCOc5cc(C#C[Si](C)(C)C(C)(C)C)ncc5B(O)O)n4)c(F)c3)c3c(C)ncnc3n2C)cn1. The van der Waals surface area contributed by atoms with Gasteiger partial charge >= 0.3 is 13.1 Å². The Morgan fingerprint density at radius 1 is 0.964 bits per heavy atom. The van der Waals surface area contributed by atoms with E-state index in [2.05, 4.69) is 81.2 Å². The second-order valence-electron chi connectivity index (χ2n) is 14.6. The molecule has 0 radical (unpaired) electrons. The highest BCUT2D eigenvalue weighted by molar-refractivity contribution is 6.87. The van der Waals surface area contributed by atoms with E-state index in [1.807, 2.05) is 18.5 Å². The van der Waals surface area contributed by atoms with Crippen molar-refractivity contribution in [3.8, 4) is 69.5 Å². The molecule has 0 saturated carbocycles. The van der Waals surface area contributed by atoms with Crippen molar-refractivity contribution in [2.45, 2.75) is 52.2 Å². The molecule has 0 spiro atoms. The molecule has 6 aromatic rings. The van der Waals surface area contributed by atoms with Crippen molar-refractivity contribution in [3.63, 3.8) is 0 Å². The maximum atomic E-state index is 16.0. The van der Waals surface area contributed by atoms with Gasteiger partial charge in [0.15, 0.2) is 11.6 Å². The van der Waals surface area contributed by atoms with E-state index in [1.54, 1.807) is 37.6 Å². The Kier molecular flexibility index (Phi) is 11.2. The minimum absolute atomic E-state index is 0.0628. The fraction of sp³-hybridized carbons (Fsp3) is 0.268. The number of fused-ring (bicyclic) bond motifs is 1. The summed E-state index contributed by atoms with van der Waals surface area (Å²) in [6.07, 6.45) is 11.9. The van der Waals surface area contributed by atoms with Crippen LogP contribution in [0.5, 0.6) is 23.3 Å². The smallest absolute Gasteiger partial charge is 0.493 e. The summed E-state index contributed by atoms with van der Waals surface area (Å²) in [6.45, 7) is 12.9. The summed E-state index contributed by atoms with van der Waals surface area (Å²) < 4.78 is 35.4. The lowest BCUT2D eigenvalue weighted by Gasteiger charge is -2.31. The highest BCUT2D eigenvalue weighted by Crippen LogP contribution is 2.44. The molecule has 284 valence electrons. The molecule has 2 N–H and O–H groups in total. The Morgan fingerprint density at radius 3 is 2.41 bits per heavy atom. The average Bonchev–Trinajstić information content (AvgIpc) is 3.46. The summed E-state index contributed by atoms with van der Waals surface area (Å²) in [5.41, 5.74) is 8.86. The fourth-order valence-electron chi connectivity index (χ4n) is 5.77. The van der Waals surface area contributed by atoms with Crippen LogP contribution in [0.25, 0.3) is 33.4 Å². The highest BCUT2D eigenvalue weighted by atomic mass is 28.3. The molecular formula is C41H41BFN7O5Si. The van der Waals surface area contributed by atoms with Crippen molar-refractivity contribution in [2.24, 2.45) is 7.05 Å². The number of hydrogen-bond donors (Lipinski definition) is 2. The van der Waals surface area contributed by atoms with Crippen LogP contribution >= 0.6 is 0 Å². The molecule has 0 aliphatic rings. The molecule has 0 fully saturated rings. The number of benzene rings is 1. The summed E-state index contributed by atoms with van der Waals surface area (Å²) in [7, 11) is -0.285. The number of rotatable bonds is 10.